The number of anilines is 2. The summed E-state index contributed by atoms with van der Waals surface area (Å²) in [6.07, 6.45) is 0.250. The highest BCUT2D eigenvalue weighted by Crippen LogP contribution is 2.23. The van der Waals surface area contributed by atoms with Crippen molar-refractivity contribution in [2.45, 2.75) is 41.0 Å². The quantitative estimate of drug-likeness (QED) is 0.883. The van der Waals surface area contributed by atoms with Crippen LogP contribution in [0.5, 0.6) is 0 Å². The van der Waals surface area contributed by atoms with Crippen molar-refractivity contribution in [2.75, 3.05) is 16.8 Å². The van der Waals surface area contributed by atoms with Crippen LogP contribution in [0.1, 0.15) is 35.6 Å². The van der Waals surface area contributed by atoms with Gasteiger partial charge in [-0.15, -0.1) is 0 Å². The zero-order valence-corrected chi connectivity index (χ0v) is 15.6. The number of nitrogens with zero attached hydrogens (tertiary/aromatic N) is 1. The third-order valence-corrected chi connectivity index (χ3v) is 4.47. The predicted molar refractivity (Wildman–Crippen MR) is 103 cm³/mol. The number of amides is 2. The first-order valence-corrected chi connectivity index (χ1v) is 8.51. The number of nitrogens with one attached hydrogen (secondary N) is 1. The summed E-state index contributed by atoms with van der Waals surface area (Å²) in [6, 6.07) is 11.8. The Labute approximate surface area is 149 Å². The highest BCUT2D eigenvalue weighted by atomic mass is 16.2. The Morgan fingerprint density at radius 3 is 2.36 bits per heavy atom. The van der Waals surface area contributed by atoms with Gasteiger partial charge in [-0.1, -0.05) is 29.8 Å². The Kier molecular flexibility index (Phi) is 5.97. The lowest BCUT2D eigenvalue weighted by Gasteiger charge is -2.24. The molecule has 1 N–H and O–H groups in total. The second-order valence-electron chi connectivity index (χ2n) is 6.51. The van der Waals surface area contributed by atoms with E-state index in [0.717, 1.165) is 33.6 Å². The van der Waals surface area contributed by atoms with Crippen LogP contribution < -0.4 is 10.2 Å². The number of aryl methyl sites for hydroxylation is 3. The molecule has 0 aromatic heterocycles. The van der Waals surface area contributed by atoms with E-state index in [2.05, 4.69) is 5.32 Å². The Hall–Kier alpha value is -2.62. The molecule has 0 saturated heterocycles. The lowest BCUT2D eigenvalue weighted by molar-refractivity contribution is -0.117. The first-order valence-electron chi connectivity index (χ1n) is 8.51. The predicted octanol–water partition coefficient (Wildman–Crippen LogP) is 4.30. The maximum atomic E-state index is 12.3. The van der Waals surface area contributed by atoms with Crippen LogP contribution in [-0.4, -0.2) is 18.4 Å². The zero-order valence-electron chi connectivity index (χ0n) is 15.6. The van der Waals surface area contributed by atoms with Crippen molar-refractivity contribution in [3.63, 3.8) is 0 Å². The molecule has 2 aromatic carbocycles. The van der Waals surface area contributed by atoms with Gasteiger partial charge in [0.2, 0.25) is 11.8 Å². The van der Waals surface area contributed by atoms with Crippen LogP contribution >= 0.6 is 0 Å². The van der Waals surface area contributed by atoms with Gasteiger partial charge in [-0.05, 0) is 56.5 Å². The summed E-state index contributed by atoms with van der Waals surface area (Å²) >= 11 is 0. The molecule has 0 aliphatic rings. The van der Waals surface area contributed by atoms with Crippen molar-refractivity contribution in [1.29, 1.82) is 0 Å². The summed E-state index contributed by atoms with van der Waals surface area (Å²) in [6.45, 7) is 9.90. The van der Waals surface area contributed by atoms with Gasteiger partial charge in [0.05, 0.1) is 0 Å². The van der Waals surface area contributed by atoms with E-state index in [1.165, 1.54) is 6.92 Å². The Morgan fingerprint density at radius 2 is 1.72 bits per heavy atom. The molecule has 2 rings (SSSR count). The molecule has 0 aliphatic carbocycles. The van der Waals surface area contributed by atoms with Crippen molar-refractivity contribution in [2.24, 2.45) is 0 Å². The molecule has 2 amide bonds. The third-order valence-electron chi connectivity index (χ3n) is 4.47. The van der Waals surface area contributed by atoms with E-state index in [-0.39, 0.29) is 18.2 Å². The Balaban J connectivity index is 2.07. The zero-order chi connectivity index (χ0) is 18.6. The summed E-state index contributed by atoms with van der Waals surface area (Å²) in [4.78, 5) is 26.0. The fraction of sp³-hybridized carbons (Fsp3) is 0.333. The number of benzene rings is 2. The van der Waals surface area contributed by atoms with Crippen LogP contribution in [0.3, 0.4) is 0 Å². The molecule has 132 valence electrons. The van der Waals surface area contributed by atoms with Crippen molar-refractivity contribution >= 4 is 23.2 Å². The van der Waals surface area contributed by atoms with Crippen LogP contribution in [0.15, 0.2) is 36.4 Å². The summed E-state index contributed by atoms with van der Waals surface area (Å²) in [5.41, 5.74) is 6.07. The van der Waals surface area contributed by atoms with Gasteiger partial charge in [0.25, 0.3) is 0 Å². The van der Waals surface area contributed by atoms with Crippen LogP contribution in [0.2, 0.25) is 0 Å². The molecular weight excluding hydrogens is 312 g/mol. The van der Waals surface area contributed by atoms with Gasteiger partial charge in [0.1, 0.15) is 0 Å². The molecule has 0 saturated carbocycles. The lowest BCUT2D eigenvalue weighted by Crippen LogP contribution is -2.32. The molecule has 4 heteroatoms. The molecule has 25 heavy (non-hydrogen) atoms. The van der Waals surface area contributed by atoms with Gasteiger partial charge in [-0.2, -0.15) is 0 Å². The van der Waals surface area contributed by atoms with Crippen LogP contribution in [0.25, 0.3) is 0 Å². The average Bonchev–Trinajstić information content (AvgIpc) is 2.54. The van der Waals surface area contributed by atoms with Crippen LogP contribution in [0.4, 0.5) is 11.4 Å². The molecule has 0 heterocycles. The van der Waals surface area contributed by atoms with Crippen molar-refractivity contribution in [3.05, 3.63) is 58.7 Å². The molecule has 0 fully saturated rings. The SMILES string of the molecule is CC(=O)N(CCC(=O)Nc1ccc(C)cc1C)c1cccc(C)c1C. The molecule has 0 radical (unpaired) electrons. The number of rotatable bonds is 5. The van der Waals surface area contributed by atoms with E-state index < -0.39 is 0 Å². The van der Waals surface area contributed by atoms with E-state index in [9.17, 15) is 9.59 Å². The van der Waals surface area contributed by atoms with E-state index in [0.29, 0.717) is 6.54 Å². The minimum atomic E-state index is -0.0940. The second kappa shape index (κ2) is 7.97. The molecule has 0 spiro atoms. The number of hydrogen-bond donors (Lipinski definition) is 1. The maximum Gasteiger partial charge on any atom is 0.226 e. The molecule has 0 unspecified atom stereocenters. The lowest BCUT2D eigenvalue weighted by atomic mass is 10.1. The standard InChI is InChI=1S/C21H26N2O2/c1-14-9-10-19(16(3)13-14)22-21(25)11-12-23(18(5)24)20-8-6-7-15(2)17(20)4/h6-10,13H,11-12H2,1-5H3,(H,22,25). The largest absolute Gasteiger partial charge is 0.326 e. The van der Waals surface area contributed by atoms with Crippen molar-refractivity contribution in [1.82, 2.24) is 0 Å². The van der Waals surface area contributed by atoms with Gasteiger partial charge in [0, 0.05) is 31.3 Å². The number of carbonyl (C=O) groups is 2. The second-order valence-corrected chi connectivity index (χ2v) is 6.51. The fourth-order valence-electron chi connectivity index (χ4n) is 2.86. The van der Waals surface area contributed by atoms with Gasteiger partial charge in [-0.25, -0.2) is 0 Å². The normalized spacial score (nSPS) is 10.4. The molecule has 2 aromatic rings. The van der Waals surface area contributed by atoms with Crippen molar-refractivity contribution in [3.8, 4) is 0 Å². The smallest absolute Gasteiger partial charge is 0.226 e. The van der Waals surface area contributed by atoms with Crippen molar-refractivity contribution < 1.29 is 9.59 Å². The summed E-state index contributed by atoms with van der Waals surface area (Å²) in [5, 5.41) is 2.93. The van der Waals surface area contributed by atoms with Gasteiger partial charge >= 0.3 is 0 Å². The molecule has 4 nitrogen and oxygen atoms in total. The van der Waals surface area contributed by atoms with E-state index >= 15 is 0 Å². The summed E-state index contributed by atoms with van der Waals surface area (Å²) < 4.78 is 0. The minimum Gasteiger partial charge on any atom is -0.326 e. The number of hydrogen-bond acceptors (Lipinski definition) is 2. The van der Waals surface area contributed by atoms with Gasteiger partial charge in [-0.3, -0.25) is 9.59 Å². The average molecular weight is 338 g/mol. The Morgan fingerprint density at radius 1 is 1.00 bits per heavy atom. The summed E-state index contributed by atoms with van der Waals surface area (Å²) in [5.74, 6) is -0.156. The molecular formula is C21H26N2O2. The molecule has 0 atom stereocenters. The monoisotopic (exact) mass is 338 g/mol. The molecule has 0 aliphatic heterocycles. The van der Waals surface area contributed by atoms with Crippen LogP contribution in [0, 0.1) is 27.7 Å². The summed E-state index contributed by atoms with van der Waals surface area (Å²) in [7, 11) is 0. The fourth-order valence-corrected chi connectivity index (χ4v) is 2.86. The topological polar surface area (TPSA) is 49.4 Å². The van der Waals surface area contributed by atoms with Gasteiger partial charge < -0.3 is 10.2 Å². The van der Waals surface area contributed by atoms with Gasteiger partial charge in [0.15, 0.2) is 0 Å². The van der Waals surface area contributed by atoms with E-state index in [4.69, 9.17) is 0 Å². The van der Waals surface area contributed by atoms with Crippen LogP contribution in [-0.2, 0) is 9.59 Å². The van der Waals surface area contributed by atoms with E-state index in [1.54, 1.807) is 4.90 Å². The number of carbonyl (C=O) groups excluding carboxylic acids is 2. The third kappa shape index (κ3) is 4.69. The molecule has 0 bridgehead atoms. The first kappa shape index (κ1) is 18.7. The van der Waals surface area contributed by atoms with E-state index in [1.807, 2.05) is 64.1 Å². The highest BCUT2D eigenvalue weighted by molar-refractivity contribution is 5.95. The maximum absolute atomic E-state index is 12.3. The Bertz CT molecular complexity index is 796. The minimum absolute atomic E-state index is 0.0620. The highest BCUT2D eigenvalue weighted by Gasteiger charge is 2.16. The first-order chi connectivity index (χ1) is 11.8.